The number of hydroxylamine groups is 1. The lowest BCUT2D eigenvalue weighted by molar-refractivity contribution is -0.124. The molecule has 3 rings (SSSR count). The number of benzene rings is 2. The smallest absolute Gasteiger partial charge is 0.267 e. The van der Waals surface area contributed by atoms with Gasteiger partial charge in [-0.05, 0) is 29.8 Å². The van der Waals surface area contributed by atoms with E-state index in [0.29, 0.717) is 10.0 Å². The normalized spacial score (nSPS) is 11.3. The first-order valence-electron chi connectivity index (χ1n) is 6.77. The minimum absolute atomic E-state index is 0.504. The first-order valence-corrected chi connectivity index (χ1v) is 7.52. The quantitative estimate of drug-likeness (QED) is 0.418. The van der Waals surface area contributed by atoms with E-state index >= 15 is 0 Å². The highest BCUT2D eigenvalue weighted by Crippen LogP contribution is 2.30. The molecule has 1 aromatic heterocycles. The van der Waals surface area contributed by atoms with E-state index in [1.54, 1.807) is 11.6 Å². The average molecular weight is 347 g/mol. The van der Waals surface area contributed by atoms with Gasteiger partial charge in [-0.2, -0.15) is 0 Å². The zero-order valence-electron chi connectivity index (χ0n) is 11.8. The molecular formula is C17H12Cl2N2O2. The van der Waals surface area contributed by atoms with Gasteiger partial charge in [0.15, 0.2) is 0 Å². The van der Waals surface area contributed by atoms with Crippen LogP contribution in [-0.4, -0.2) is 15.7 Å². The molecule has 2 N–H and O–H groups in total. The topological polar surface area (TPSA) is 54.3 Å². The predicted molar refractivity (Wildman–Crippen MR) is 92.3 cm³/mol. The van der Waals surface area contributed by atoms with Crippen molar-refractivity contribution in [3.63, 3.8) is 0 Å². The van der Waals surface area contributed by atoms with Gasteiger partial charge in [0, 0.05) is 29.2 Å². The van der Waals surface area contributed by atoms with Crippen LogP contribution in [0.25, 0.3) is 22.5 Å². The molecule has 0 fully saturated rings. The maximum Gasteiger partial charge on any atom is 0.267 e. The van der Waals surface area contributed by atoms with Crippen LogP contribution in [0, 0.1) is 0 Å². The van der Waals surface area contributed by atoms with Crippen LogP contribution in [0.1, 0.15) is 5.56 Å². The van der Waals surface area contributed by atoms with Crippen LogP contribution in [0.4, 0.5) is 0 Å². The number of fused-ring (bicyclic) bond motifs is 1. The molecule has 0 aliphatic heterocycles. The molecule has 0 saturated heterocycles. The lowest BCUT2D eigenvalue weighted by Gasteiger charge is -2.06. The van der Waals surface area contributed by atoms with Gasteiger partial charge in [-0.3, -0.25) is 10.0 Å². The zero-order valence-corrected chi connectivity index (χ0v) is 13.3. The highest BCUT2D eigenvalue weighted by molar-refractivity contribution is 6.42. The number of carbonyl (C=O) groups excluding carboxylic acids is 1. The Morgan fingerprint density at radius 3 is 2.30 bits per heavy atom. The summed E-state index contributed by atoms with van der Waals surface area (Å²) in [5, 5.41) is 11.5. The highest BCUT2D eigenvalue weighted by atomic mass is 35.5. The minimum Gasteiger partial charge on any atom is -0.322 e. The van der Waals surface area contributed by atoms with Crippen LogP contribution in [0.15, 0.2) is 54.9 Å². The molecule has 0 unspecified atom stereocenters. The molecule has 1 heterocycles. The third-order valence-corrected chi connectivity index (χ3v) is 4.14. The van der Waals surface area contributed by atoms with Crippen molar-refractivity contribution in [1.29, 1.82) is 0 Å². The molecule has 1 amide bonds. The van der Waals surface area contributed by atoms with Crippen LogP contribution >= 0.6 is 23.2 Å². The van der Waals surface area contributed by atoms with E-state index in [4.69, 9.17) is 28.4 Å². The van der Waals surface area contributed by atoms with Gasteiger partial charge in [-0.25, -0.2) is 5.48 Å². The Hall–Kier alpha value is -2.27. The fourth-order valence-electron chi connectivity index (χ4n) is 2.34. The van der Waals surface area contributed by atoms with E-state index in [-0.39, 0.29) is 0 Å². The van der Waals surface area contributed by atoms with Gasteiger partial charge < -0.3 is 4.57 Å². The van der Waals surface area contributed by atoms with Crippen molar-refractivity contribution in [3.8, 4) is 5.69 Å². The Bertz CT molecular complexity index is 877. The van der Waals surface area contributed by atoms with Crippen molar-refractivity contribution in [3.05, 3.63) is 70.5 Å². The predicted octanol–water partition coefficient (Wildman–Crippen LogP) is 4.46. The second-order valence-corrected chi connectivity index (χ2v) is 5.74. The molecule has 0 atom stereocenters. The summed E-state index contributed by atoms with van der Waals surface area (Å²) in [4.78, 5) is 11.2. The molecular weight excluding hydrogens is 335 g/mol. The molecule has 23 heavy (non-hydrogen) atoms. The Morgan fingerprint density at radius 2 is 1.70 bits per heavy atom. The third-order valence-electron chi connectivity index (χ3n) is 3.42. The number of nitrogens with one attached hydrogen (secondary N) is 1. The number of aromatic nitrogens is 1. The zero-order chi connectivity index (χ0) is 16.4. The average Bonchev–Trinajstić information content (AvgIpc) is 2.95. The van der Waals surface area contributed by atoms with Crippen molar-refractivity contribution >= 4 is 46.0 Å². The summed E-state index contributed by atoms with van der Waals surface area (Å²) in [7, 11) is 0. The Kier molecular flexibility index (Phi) is 4.39. The lowest BCUT2D eigenvalue weighted by Crippen LogP contribution is -2.14. The number of para-hydroxylation sites is 1. The molecule has 0 bridgehead atoms. The monoisotopic (exact) mass is 346 g/mol. The molecule has 0 spiro atoms. The SMILES string of the molecule is O=C(/C=C/c1ccccc1-n1cc2cc(Cl)c(Cl)cc2c1)NO. The Labute approximate surface area is 142 Å². The number of hydrogen-bond acceptors (Lipinski definition) is 2. The van der Waals surface area contributed by atoms with Crippen LogP contribution < -0.4 is 5.48 Å². The summed E-state index contributed by atoms with van der Waals surface area (Å²) in [6, 6.07) is 11.2. The molecule has 2 aromatic carbocycles. The summed E-state index contributed by atoms with van der Waals surface area (Å²) in [6.07, 6.45) is 6.77. The van der Waals surface area contributed by atoms with Crippen LogP contribution in [0.3, 0.4) is 0 Å². The van der Waals surface area contributed by atoms with Crippen molar-refractivity contribution < 1.29 is 10.0 Å². The van der Waals surface area contributed by atoms with Crippen molar-refractivity contribution in [1.82, 2.24) is 10.0 Å². The maximum absolute atomic E-state index is 11.2. The molecule has 3 aromatic rings. The van der Waals surface area contributed by atoms with Gasteiger partial charge in [-0.1, -0.05) is 41.4 Å². The van der Waals surface area contributed by atoms with E-state index in [2.05, 4.69) is 0 Å². The molecule has 6 heteroatoms. The van der Waals surface area contributed by atoms with E-state index in [1.807, 2.05) is 53.4 Å². The van der Waals surface area contributed by atoms with Crippen molar-refractivity contribution in [2.75, 3.05) is 0 Å². The second-order valence-electron chi connectivity index (χ2n) is 4.93. The minimum atomic E-state index is -0.587. The molecule has 0 aliphatic rings. The summed E-state index contributed by atoms with van der Waals surface area (Å²) >= 11 is 12.1. The third kappa shape index (κ3) is 3.24. The van der Waals surface area contributed by atoms with Crippen molar-refractivity contribution in [2.24, 2.45) is 0 Å². The summed E-state index contributed by atoms with van der Waals surface area (Å²) in [6.45, 7) is 0. The van der Waals surface area contributed by atoms with Crippen LogP contribution in [0.2, 0.25) is 10.0 Å². The van der Waals surface area contributed by atoms with Gasteiger partial charge in [0.05, 0.1) is 15.7 Å². The largest absolute Gasteiger partial charge is 0.322 e. The highest BCUT2D eigenvalue weighted by Gasteiger charge is 2.07. The number of amides is 1. The summed E-state index contributed by atoms with van der Waals surface area (Å²) < 4.78 is 1.94. The molecule has 4 nitrogen and oxygen atoms in total. The number of nitrogens with zero attached hydrogens (tertiary/aromatic N) is 1. The molecule has 0 radical (unpaired) electrons. The van der Waals surface area contributed by atoms with E-state index in [9.17, 15) is 4.79 Å². The number of rotatable bonds is 3. The van der Waals surface area contributed by atoms with Gasteiger partial charge in [0.1, 0.15) is 0 Å². The molecule has 0 saturated carbocycles. The summed E-state index contributed by atoms with van der Waals surface area (Å²) in [5.74, 6) is -0.587. The number of halogens is 2. The van der Waals surface area contributed by atoms with E-state index in [0.717, 1.165) is 22.0 Å². The van der Waals surface area contributed by atoms with Gasteiger partial charge in [0.2, 0.25) is 0 Å². The lowest BCUT2D eigenvalue weighted by atomic mass is 10.1. The van der Waals surface area contributed by atoms with Gasteiger partial charge in [0.25, 0.3) is 5.91 Å². The summed E-state index contributed by atoms with van der Waals surface area (Å²) in [5.41, 5.74) is 3.28. The standard InChI is InChI=1S/C17H12Cl2N2O2/c18-14-7-12-9-21(10-13(12)8-15(14)19)16-4-2-1-3-11(16)5-6-17(22)20-23/h1-10,23H,(H,20,22)/b6-5+. The molecule has 0 aliphatic carbocycles. The van der Waals surface area contributed by atoms with E-state index < -0.39 is 5.91 Å². The maximum atomic E-state index is 11.2. The number of carbonyl (C=O) groups is 1. The first-order chi connectivity index (χ1) is 11.1. The van der Waals surface area contributed by atoms with Gasteiger partial charge >= 0.3 is 0 Å². The first kappa shape index (κ1) is 15.6. The fourth-order valence-corrected chi connectivity index (χ4v) is 2.69. The molecule has 116 valence electrons. The van der Waals surface area contributed by atoms with Crippen molar-refractivity contribution in [2.45, 2.75) is 0 Å². The number of hydrogen-bond donors (Lipinski definition) is 2. The van der Waals surface area contributed by atoms with E-state index in [1.165, 1.54) is 6.08 Å². The van der Waals surface area contributed by atoms with Crippen LogP contribution in [-0.2, 0) is 4.79 Å². The van der Waals surface area contributed by atoms with Crippen LogP contribution in [0.5, 0.6) is 0 Å². The second kappa shape index (κ2) is 6.46. The Morgan fingerprint density at radius 1 is 1.09 bits per heavy atom. The van der Waals surface area contributed by atoms with Gasteiger partial charge in [-0.15, -0.1) is 0 Å². The Balaban J connectivity index is 2.08. The fraction of sp³-hybridized carbons (Fsp3) is 0.